The molecule has 1 aromatic rings. The van der Waals surface area contributed by atoms with Gasteiger partial charge >= 0.3 is 0 Å². The molecule has 0 saturated heterocycles. The second-order valence-electron chi connectivity index (χ2n) is 3.12. The summed E-state index contributed by atoms with van der Waals surface area (Å²) in [7, 11) is 0. The highest BCUT2D eigenvalue weighted by atomic mass is 16.3. The van der Waals surface area contributed by atoms with Crippen molar-refractivity contribution in [2.45, 2.75) is 32.4 Å². The first kappa shape index (κ1) is 10.2. The summed E-state index contributed by atoms with van der Waals surface area (Å²) in [4.78, 5) is 0. The van der Waals surface area contributed by atoms with Gasteiger partial charge in [-0.15, -0.1) is 0 Å². The van der Waals surface area contributed by atoms with Crippen LogP contribution in [-0.4, -0.2) is 21.4 Å². The average molecular weight is 183 g/mol. The van der Waals surface area contributed by atoms with Crippen LogP contribution in [0.25, 0.3) is 0 Å². The van der Waals surface area contributed by atoms with E-state index in [9.17, 15) is 5.11 Å². The molecule has 74 valence electrons. The van der Waals surface area contributed by atoms with E-state index in [0.29, 0.717) is 6.42 Å². The first-order valence-corrected chi connectivity index (χ1v) is 4.62. The maximum absolute atomic E-state index is 10.1. The van der Waals surface area contributed by atoms with E-state index in [1.807, 2.05) is 19.9 Å². The average Bonchev–Trinajstić information content (AvgIpc) is 2.65. The van der Waals surface area contributed by atoms with Crippen LogP contribution in [-0.2, 0) is 12.1 Å². The molecule has 0 amide bonds. The van der Waals surface area contributed by atoms with Crippen LogP contribution in [0.1, 0.15) is 26.0 Å². The lowest BCUT2D eigenvalue weighted by Gasteiger charge is -2.25. The molecule has 1 rings (SSSR count). The Balaban J connectivity index is 3.03. The molecule has 0 fully saturated rings. The van der Waals surface area contributed by atoms with Crippen molar-refractivity contribution in [3.05, 3.63) is 18.0 Å². The molecule has 0 spiro atoms. The standard InChI is InChI=1S/C9H17N3O/c1-3-9(13,7-10)8-5-6-11-12(8)4-2/h5-6,13H,3-4,7,10H2,1-2H3. The molecule has 3 N–H and O–H groups in total. The van der Waals surface area contributed by atoms with Crippen LogP contribution in [0.4, 0.5) is 0 Å². The van der Waals surface area contributed by atoms with Gasteiger partial charge in [0.15, 0.2) is 0 Å². The van der Waals surface area contributed by atoms with E-state index in [0.717, 1.165) is 12.2 Å². The number of nitrogens with two attached hydrogens (primary N) is 1. The quantitative estimate of drug-likeness (QED) is 0.712. The normalized spacial score (nSPS) is 15.7. The number of hydrogen-bond donors (Lipinski definition) is 2. The minimum atomic E-state index is -0.924. The molecule has 4 heteroatoms. The molecule has 0 aliphatic rings. The number of aliphatic hydroxyl groups is 1. The van der Waals surface area contributed by atoms with Gasteiger partial charge in [-0.1, -0.05) is 6.92 Å². The largest absolute Gasteiger partial charge is 0.382 e. The Bertz CT molecular complexity index is 266. The van der Waals surface area contributed by atoms with Crippen LogP contribution >= 0.6 is 0 Å². The van der Waals surface area contributed by atoms with Gasteiger partial charge in [0.25, 0.3) is 0 Å². The van der Waals surface area contributed by atoms with Crippen molar-refractivity contribution in [3.8, 4) is 0 Å². The molecule has 0 aliphatic carbocycles. The van der Waals surface area contributed by atoms with Crippen molar-refractivity contribution in [1.82, 2.24) is 9.78 Å². The Morgan fingerprint density at radius 2 is 2.31 bits per heavy atom. The summed E-state index contributed by atoms with van der Waals surface area (Å²) < 4.78 is 1.77. The minimum Gasteiger partial charge on any atom is -0.382 e. The fourth-order valence-electron chi connectivity index (χ4n) is 1.41. The Labute approximate surface area is 78.4 Å². The second kappa shape index (κ2) is 3.89. The van der Waals surface area contributed by atoms with Gasteiger partial charge in [-0.05, 0) is 19.4 Å². The number of nitrogens with zero attached hydrogens (tertiary/aromatic N) is 2. The van der Waals surface area contributed by atoms with Crippen LogP contribution in [0.5, 0.6) is 0 Å². The molecule has 0 bridgehead atoms. The Morgan fingerprint density at radius 3 is 2.77 bits per heavy atom. The van der Waals surface area contributed by atoms with Crippen molar-refractivity contribution >= 4 is 0 Å². The van der Waals surface area contributed by atoms with Crippen molar-refractivity contribution in [3.63, 3.8) is 0 Å². The number of aromatic nitrogens is 2. The van der Waals surface area contributed by atoms with Crippen molar-refractivity contribution in [2.75, 3.05) is 6.54 Å². The Hall–Kier alpha value is -0.870. The van der Waals surface area contributed by atoms with E-state index in [-0.39, 0.29) is 6.54 Å². The molecule has 1 aromatic heterocycles. The SMILES string of the molecule is CCn1nccc1C(O)(CC)CN. The molecular formula is C9H17N3O. The highest BCUT2D eigenvalue weighted by Crippen LogP contribution is 2.22. The lowest BCUT2D eigenvalue weighted by molar-refractivity contribution is 0.0327. The maximum atomic E-state index is 10.1. The fraction of sp³-hybridized carbons (Fsp3) is 0.667. The second-order valence-corrected chi connectivity index (χ2v) is 3.12. The van der Waals surface area contributed by atoms with Crippen molar-refractivity contribution < 1.29 is 5.11 Å². The predicted molar refractivity (Wildman–Crippen MR) is 51.1 cm³/mol. The van der Waals surface area contributed by atoms with E-state index in [2.05, 4.69) is 5.10 Å². The van der Waals surface area contributed by atoms with Gasteiger partial charge in [0, 0.05) is 19.3 Å². The molecular weight excluding hydrogens is 166 g/mol. The molecule has 0 aromatic carbocycles. The molecule has 0 aliphatic heterocycles. The summed E-state index contributed by atoms with van der Waals surface area (Å²) in [6, 6.07) is 1.82. The van der Waals surface area contributed by atoms with Gasteiger partial charge in [0.2, 0.25) is 0 Å². The molecule has 1 atom stereocenters. The maximum Gasteiger partial charge on any atom is 0.118 e. The number of hydrogen-bond acceptors (Lipinski definition) is 3. The summed E-state index contributed by atoms with van der Waals surface area (Å²) in [5.41, 5.74) is 5.42. The van der Waals surface area contributed by atoms with Gasteiger partial charge in [-0.25, -0.2) is 0 Å². The third-order valence-electron chi connectivity index (χ3n) is 2.42. The van der Waals surface area contributed by atoms with E-state index in [1.54, 1.807) is 10.9 Å². The van der Waals surface area contributed by atoms with Crippen molar-refractivity contribution in [2.24, 2.45) is 5.73 Å². The first-order chi connectivity index (χ1) is 6.18. The topological polar surface area (TPSA) is 64.1 Å². The Kier molecular flexibility index (Phi) is 3.06. The summed E-state index contributed by atoms with van der Waals surface area (Å²) >= 11 is 0. The minimum absolute atomic E-state index is 0.231. The van der Waals surface area contributed by atoms with Crippen LogP contribution < -0.4 is 5.73 Å². The highest BCUT2D eigenvalue weighted by Gasteiger charge is 2.28. The molecule has 13 heavy (non-hydrogen) atoms. The number of rotatable bonds is 4. The monoisotopic (exact) mass is 183 g/mol. The molecule has 1 unspecified atom stereocenters. The Morgan fingerprint density at radius 1 is 1.62 bits per heavy atom. The summed E-state index contributed by atoms with van der Waals surface area (Å²) in [5.74, 6) is 0. The zero-order chi connectivity index (χ0) is 9.90. The highest BCUT2D eigenvalue weighted by molar-refractivity contribution is 5.12. The van der Waals surface area contributed by atoms with Crippen molar-refractivity contribution in [1.29, 1.82) is 0 Å². The summed E-state index contributed by atoms with van der Waals surface area (Å²) in [6.07, 6.45) is 2.30. The van der Waals surface area contributed by atoms with Crippen LogP contribution in [0.15, 0.2) is 12.3 Å². The van der Waals surface area contributed by atoms with E-state index < -0.39 is 5.60 Å². The third kappa shape index (κ3) is 1.73. The molecule has 0 saturated carbocycles. The van der Waals surface area contributed by atoms with Gasteiger partial charge < -0.3 is 10.8 Å². The fourth-order valence-corrected chi connectivity index (χ4v) is 1.41. The smallest absolute Gasteiger partial charge is 0.118 e. The third-order valence-corrected chi connectivity index (χ3v) is 2.42. The van der Waals surface area contributed by atoms with E-state index in [4.69, 9.17) is 5.73 Å². The molecule has 1 heterocycles. The zero-order valence-corrected chi connectivity index (χ0v) is 8.20. The van der Waals surface area contributed by atoms with Gasteiger partial charge in [0.05, 0.1) is 5.69 Å². The van der Waals surface area contributed by atoms with E-state index in [1.165, 1.54) is 0 Å². The van der Waals surface area contributed by atoms with Crippen LogP contribution in [0.2, 0.25) is 0 Å². The lowest BCUT2D eigenvalue weighted by atomic mass is 9.97. The zero-order valence-electron chi connectivity index (χ0n) is 8.20. The van der Waals surface area contributed by atoms with E-state index >= 15 is 0 Å². The first-order valence-electron chi connectivity index (χ1n) is 4.62. The molecule has 0 radical (unpaired) electrons. The lowest BCUT2D eigenvalue weighted by Crippen LogP contribution is -2.36. The summed E-state index contributed by atoms with van der Waals surface area (Å²) in [5, 5.41) is 14.2. The van der Waals surface area contributed by atoms with Gasteiger partial charge in [-0.2, -0.15) is 5.10 Å². The van der Waals surface area contributed by atoms with Gasteiger partial charge in [-0.3, -0.25) is 4.68 Å². The number of aryl methyl sites for hydroxylation is 1. The van der Waals surface area contributed by atoms with Crippen LogP contribution in [0.3, 0.4) is 0 Å². The van der Waals surface area contributed by atoms with Gasteiger partial charge in [0.1, 0.15) is 5.60 Å². The predicted octanol–water partition coefficient (Wildman–Crippen LogP) is 0.459. The summed E-state index contributed by atoms with van der Waals surface area (Å²) in [6.45, 7) is 4.89. The molecule has 4 nitrogen and oxygen atoms in total. The van der Waals surface area contributed by atoms with Crippen LogP contribution in [0, 0.1) is 0 Å².